The summed E-state index contributed by atoms with van der Waals surface area (Å²) in [6.07, 6.45) is 0. The molecule has 1 heterocycles. The van der Waals surface area contributed by atoms with E-state index in [1.807, 2.05) is 6.07 Å². The molecule has 1 aromatic rings. The molecule has 3 N–H and O–H groups in total. The molecule has 1 amide bonds. The monoisotopic (exact) mass is 279 g/mol. The lowest BCUT2D eigenvalue weighted by Crippen LogP contribution is -2.37. The van der Waals surface area contributed by atoms with Crippen LogP contribution in [0.2, 0.25) is 0 Å². The minimum Gasteiger partial charge on any atom is -0.482 e. The smallest absolute Gasteiger partial charge is 0.262 e. The average Bonchev–Trinajstić information content (AvgIpc) is 2.41. The second kappa shape index (κ2) is 6.00. The number of nitrogen functional groups attached to an aromatic ring is 1. The van der Waals surface area contributed by atoms with Gasteiger partial charge in [-0.1, -0.05) is 0 Å². The van der Waals surface area contributed by atoms with Gasteiger partial charge in [-0.3, -0.25) is 4.79 Å². The average molecular weight is 279 g/mol. The number of methoxy groups -OCH3 is 1. The molecular formula is C14H21N3O3. The molecule has 0 fully saturated rings. The number of nitrogens with one attached hydrogen (secondary N) is 1. The number of hydrogen-bond donors (Lipinski definition) is 2. The summed E-state index contributed by atoms with van der Waals surface area (Å²) in [5.74, 6) is 0.461. The molecule has 0 aliphatic carbocycles. The summed E-state index contributed by atoms with van der Waals surface area (Å²) in [6.45, 7) is 5.56. The van der Waals surface area contributed by atoms with Crippen LogP contribution in [0.4, 0.5) is 17.1 Å². The zero-order chi connectivity index (χ0) is 14.7. The van der Waals surface area contributed by atoms with Gasteiger partial charge >= 0.3 is 0 Å². The van der Waals surface area contributed by atoms with Crippen LogP contribution >= 0.6 is 0 Å². The molecule has 0 spiro atoms. The highest BCUT2D eigenvalue weighted by atomic mass is 16.5. The number of fused-ring (bicyclic) bond motifs is 1. The molecule has 2 rings (SSSR count). The van der Waals surface area contributed by atoms with Crippen molar-refractivity contribution < 1.29 is 14.3 Å². The van der Waals surface area contributed by atoms with Crippen LogP contribution in [-0.2, 0) is 9.53 Å². The first-order valence-electron chi connectivity index (χ1n) is 6.68. The number of anilines is 3. The van der Waals surface area contributed by atoms with E-state index >= 15 is 0 Å². The van der Waals surface area contributed by atoms with Gasteiger partial charge in [0.15, 0.2) is 6.61 Å². The van der Waals surface area contributed by atoms with E-state index in [9.17, 15) is 4.79 Å². The molecule has 1 aromatic carbocycles. The highest BCUT2D eigenvalue weighted by molar-refractivity contribution is 5.97. The predicted molar refractivity (Wildman–Crippen MR) is 79.3 cm³/mol. The Hall–Kier alpha value is -1.95. The van der Waals surface area contributed by atoms with Gasteiger partial charge in [0.25, 0.3) is 5.91 Å². The SMILES string of the molecule is CCN(c1cc2c(cc1N)OCC(=O)N2)C(C)COC. The zero-order valence-electron chi connectivity index (χ0n) is 12.1. The highest BCUT2D eigenvalue weighted by Gasteiger charge is 2.21. The summed E-state index contributed by atoms with van der Waals surface area (Å²) < 4.78 is 10.6. The Kier molecular flexibility index (Phi) is 4.34. The van der Waals surface area contributed by atoms with Gasteiger partial charge in [-0.05, 0) is 19.9 Å². The Morgan fingerprint density at radius 3 is 2.95 bits per heavy atom. The first kappa shape index (κ1) is 14.5. The summed E-state index contributed by atoms with van der Waals surface area (Å²) in [4.78, 5) is 13.5. The van der Waals surface area contributed by atoms with Crippen molar-refractivity contribution in [3.8, 4) is 5.75 Å². The van der Waals surface area contributed by atoms with Crippen LogP contribution in [-0.4, -0.2) is 38.8 Å². The van der Waals surface area contributed by atoms with Crippen molar-refractivity contribution in [1.29, 1.82) is 0 Å². The van der Waals surface area contributed by atoms with E-state index in [-0.39, 0.29) is 18.6 Å². The summed E-state index contributed by atoms with van der Waals surface area (Å²) in [5.41, 5.74) is 8.28. The number of nitrogens with zero attached hydrogens (tertiary/aromatic N) is 1. The normalized spacial score (nSPS) is 15.1. The van der Waals surface area contributed by atoms with Gasteiger partial charge in [-0.15, -0.1) is 0 Å². The summed E-state index contributed by atoms with van der Waals surface area (Å²) in [5, 5.41) is 2.80. The van der Waals surface area contributed by atoms with E-state index < -0.39 is 0 Å². The lowest BCUT2D eigenvalue weighted by molar-refractivity contribution is -0.118. The first-order valence-corrected chi connectivity index (χ1v) is 6.68. The standard InChI is InChI=1S/C14H21N3O3/c1-4-17(9(2)7-19-3)12-6-11-13(5-10(12)15)20-8-14(18)16-11/h5-6,9H,4,7-8,15H2,1-3H3,(H,16,18). The molecule has 0 saturated heterocycles. The highest BCUT2D eigenvalue weighted by Crippen LogP contribution is 2.37. The van der Waals surface area contributed by atoms with Crippen LogP contribution in [0.1, 0.15) is 13.8 Å². The lowest BCUT2D eigenvalue weighted by Gasteiger charge is -2.32. The molecule has 20 heavy (non-hydrogen) atoms. The van der Waals surface area contributed by atoms with Gasteiger partial charge in [-0.2, -0.15) is 0 Å². The second-order valence-corrected chi connectivity index (χ2v) is 4.83. The molecule has 0 bridgehead atoms. The molecule has 6 heteroatoms. The van der Waals surface area contributed by atoms with Crippen LogP contribution in [0.5, 0.6) is 5.75 Å². The molecule has 1 atom stereocenters. The summed E-state index contributed by atoms with van der Waals surface area (Å²) >= 11 is 0. The van der Waals surface area contributed by atoms with Crippen molar-refractivity contribution in [3.05, 3.63) is 12.1 Å². The molecule has 1 unspecified atom stereocenters. The van der Waals surface area contributed by atoms with Gasteiger partial charge in [0.1, 0.15) is 5.75 Å². The van der Waals surface area contributed by atoms with Crippen LogP contribution < -0.4 is 20.7 Å². The largest absolute Gasteiger partial charge is 0.482 e. The number of hydrogen-bond acceptors (Lipinski definition) is 5. The minimum atomic E-state index is -0.152. The number of rotatable bonds is 5. The number of carbonyl (C=O) groups is 1. The number of carbonyl (C=O) groups excluding carboxylic acids is 1. The molecule has 0 radical (unpaired) electrons. The minimum absolute atomic E-state index is 0.0311. The zero-order valence-corrected chi connectivity index (χ0v) is 12.1. The number of nitrogens with two attached hydrogens (primary N) is 1. The Morgan fingerprint density at radius 1 is 1.55 bits per heavy atom. The first-order chi connectivity index (χ1) is 9.56. The fourth-order valence-electron chi connectivity index (χ4n) is 2.43. The third-order valence-electron chi connectivity index (χ3n) is 3.35. The fourth-order valence-corrected chi connectivity index (χ4v) is 2.43. The maximum absolute atomic E-state index is 11.4. The Bertz CT molecular complexity index is 505. The van der Waals surface area contributed by atoms with Gasteiger partial charge in [0.2, 0.25) is 0 Å². The van der Waals surface area contributed by atoms with Gasteiger partial charge in [-0.25, -0.2) is 0 Å². The van der Waals surface area contributed by atoms with Gasteiger partial charge in [0.05, 0.1) is 23.7 Å². The molecule has 6 nitrogen and oxygen atoms in total. The Balaban J connectivity index is 2.35. The number of likely N-dealkylation sites (N-methyl/N-ethyl adjacent to an activating group) is 1. The summed E-state index contributed by atoms with van der Waals surface area (Å²) in [7, 11) is 1.68. The summed E-state index contributed by atoms with van der Waals surface area (Å²) in [6, 6.07) is 3.80. The molecule has 1 aliphatic heterocycles. The van der Waals surface area contributed by atoms with E-state index in [4.69, 9.17) is 15.2 Å². The fraction of sp³-hybridized carbons (Fsp3) is 0.500. The van der Waals surface area contributed by atoms with Gasteiger partial charge in [0, 0.05) is 25.8 Å². The lowest BCUT2D eigenvalue weighted by atomic mass is 10.1. The van der Waals surface area contributed by atoms with Crippen molar-refractivity contribution in [2.24, 2.45) is 0 Å². The second-order valence-electron chi connectivity index (χ2n) is 4.83. The van der Waals surface area contributed by atoms with Gasteiger partial charge < -0.3 is 25.4 Å². The van der Waals surface area contributed by atoms with Crippen molar-refractivity contribution in [2.75, 3.05) is 42.8 Å². The maximum Gasteiger partial charge on any atom is 0.262 e. The van der Waals surface area contributed by atoms with E-state index in [2.05, 4.69) is 24.1 Å². The van der Waals surface area contributed by atoms with Crippen molar-refractivity contribution in [2.45, 2.75) is 19.9 Å². The molecule has 110 valence electrons. The predicted octanol–water partition coefficient (Wildman–Crippen LogP) is 1.46. The van der Waals surface area contributed by atoms with Crippen molar-refractivity contribution in [1.82, 2.24) is 0 Å². The van der Waals surface area contributed by atoms with E-state index in [1.54, 1.807) is 13.2 Å². The van der Waals surface area contributed by atoms with Crippen LogP contribution in [0.25, 0.3) is 0 Å². The third-order valence-corrected chi connectivity index (χ3v) is 3.35. The van der Waals surface area contributed by atoms with Crippen LogP contribution in [0.3, 0.4) is 0 Å². The van der Waals surface area contributed by atoms with E-state index in [0.29, 0.717) is 23.7 Å². The molecule has 1 aliphatic rings. The maximum atomic E-state index is 11.4. The van der Waals surface area contributed by atoms with E-state index in [1.165, 1.54) is 0 Å². The van der Waals surface area contributed by atoms with Crippen molar-refractivity contribution >= 4 is 23.0 Å². The quantitative estimate of drug-likeness (QED) is 0.798. The molecule has 0 saturated carbocycles. The van der Waals surface area contributed by atoms with Crippen molar-refractivity contribution in [3.63, 3.8) is 0 Å². The Labute approximate surface area is 118 Å². The van der Waals surface area contributed by atoms with Crippen LogP contribution in [0.15, 0.2) is 12.1 Å². The third kappa shape index (κ3) is 2.80. The number of amides is 1. The Morgan fingerprint density at radius 2 is 2.30 bits per heavy atom. The van der Waals surface area contributed by atoms with E-state index in [0.717, 1.165) is 12.2 Å². The van der Waals surface area contributed by atoms with Crippen LogP contribution in [0, 0.1) is 0 Å². The number of ether oxygens (including phenoxy) is 2. The topological polar surface area (TPSA) is 76.8 Å². The number of benzene rings is 1. The molecular weight excluding hydrogens is 258 g/mol. The molecule has 0 aromatic heterocycles.